The fourth-order valence-electron chi connectivity index (χ4n) is 3.33. The number of carbonyl (C=O) groups excluding carboxylic acids is 2. The Balaban J connectivity index is 0.000000182. The minimum absolute atomic E-state index is 0.188. The number of hydrogen-bond acceptors (Lipinski definition) is 6. The molecule has 8 nitrogen and oxygen atoms in total. The summed E-state index contributed by atoms with van der Waals surface area (Å²) in [6.45, 7) is 2.57. The third kappa shape index (κ3) is 5.40. The fourth-order valence-corrected chi connectivity index (χ4v) is 3.33. The zero-order chi connectivity index (χ0) is 23.1. The van der Waals surface area contributed by atoms with Gasteiger partial charge in [0.25, 0.3) is 0 Å². The van der Waals surface area contributed by atoms with Crippen molar-refractivity contribution >= 4 is 33.7 Å². The normalized spacial score (nSPS) is 10.5. The van der Waals surface area contributed by atoms with E-state index in [9.17, 15) is 14.7 Å². The molecule has 0 aliphatic carbocycles. The van der Waals surface area contributed by atoms with Crippen molar-refractivity contribution in [1.29, 1.82) is 0 Å². The lowest BCUT2D eigenvalue weighted by Crippen LogP contribution is -2.03. The summed E-state index contributed by atoms with van der Waals surface area (Å²) >= 11 is 0. The zero-order valence-corrected chi connectivity index (χ0v) is 18.2. The molecule has 0 aliphatic rings. The van der Waals surface area contributed by atoms with Gasteiger partial charge in [0, 0.05) is 34.2 Å². The number of aromatic amines is 2. The maximum absolute atomic E-state index is 11.3. The molecule has 0 radical (unpaired) electrons. The molecule has 0 saturated heterocycles. The number of ether oxygens (including phenoxy) is 3. The first-order valence-electron chi connectivity index (χ1n) is 10.1. The van der Waals surface area contributed by atoms with Crippen LogP contribution in [-0.4, -0.2) is 47.8 Å². The van der Waals surface area contributed by atoms with E-state index in [-0.39, 0.29) is 30.5 Å². The van der Waals surface area contributed by atoms with Gasteiger partial charge in [-0.15, -0.1) is 0 Å². The molecule has 3 N–H and O–H groups in total. The SMILES string of the molecule is CCOc1ccc2[nH]cc(CC(=O)OC)c2c1.COC(=O)Cc1c[nH]c2ccc(O)cc12. The molecule has 0 bridgehead atoms. The molecule has 0 fully saturated rings. The topological polar surface area (TPSA) is 114 Å². The van der Waals surface area contributed by atoms with Crippen LogP contribution in [0.1, 0.15) is 18.1 Å². The van der Waals surface area contributed by atoms with E-state index >= 15 is 0 Å². The van der Waals surface area contributed by atoms with Gasteiger partial charge in [-0.2, -0.15) is 0 Å². The van der Waals surface area contributed by atoms with Gasteiger partial charge in [-0.05, 0) is 54.4 Å². The van der Waals surface area contributed by atoms with Crippen LogP contribution in [0.3, 0.4) is 0 Å². The van der Waals surface area contributed by atoms with E-state index in [4.69, 9.17) is 4.74 Å². The van der Waals surface area contributed by atoms with Gasteiger partial charge in [-0.1, -0.05) is 0 Å². The third-order valence-corrected chi connectivity index (χ3v) is 4.93. The highest BCUT2D eigenvalue weighted by Crippen LogP contribution is 2.25. The lowest BCUT2D eigenvalue weighted by Gasteiger charge is -2.03. The summed E-state index contributed by atoms with van der Waals surface area (Å²) in [5, 5.41) is 11.2. The monoisotopic (exact) mass is 438 g/mol. The van der Waals surface area contributed by atoms with Gasteiger partial charge < -0.3 is 29.3 Å². The quantitative estimate of drug-likeness (QED) is 0.394. The maximum atomic E-state index is 11.3. The van der Waals surface area contributed by atoms with E-state index in [1.807, 2.05) is 31.3 Å². The van der Waals surface area contributed by atoms with E-state index in [0.717, 1.165) is 38.7 Å². The summed E-state index contributed by atoms with van der Waals surface area (Å²) < 4.78 is 14.7. The number of rotatable bonds is 6. The molecule has 0 aliphatic heterocycles. The summed E-state index contributed by atoms with van der Waals surface area (Å²) in [7, 11) is 2.75. The van der Waals surface area contributed by atoms with Crippen molar-refractivity contribution < 1.29 is 28.9 Å². The van der Waals surface area contributed by atoms with Crippen LogP contribution in [0.15, 0.2) is 48.8 Å². The molecule has 168 valence electrons. The largest absolute Gasteiger partial charge is 0.508 e. The summed E-state index contributed by atoms with van der Waals surface area (Å²) in [6.07, 6.45) is 4.06. The number of fused-ring (bicyclic) bond motifs is 2. The van der Waals surface area contributed by atoms with E-state index < -0.39 is 0 Å². The molecular weight excluding hydrogens is 412 g/mol. The molecule has 2 aromatic heterocycles. The average molecular weight is 438 g/mol. The standard InChI is InChI=1S/C13H15NO3.C11H11NO3/c1-3-17-10-4-5-12-11(7-10)9(8-14-12)6-13(15)16-2;1-15-11(14)4-7-6-12-10-3-2-8(13)5-9(7)10/h4-5,7-8,14H,3,6H2,1-2H3;2-3,5-6,12-13H,4H2,1H3. The number of aromatic hydroxyl groups is 1. The van der Waals surface area contributed by atoms with Crippen molar-refractivity contribution in [2.75, 3.05) is 20.8 Å². The van der Waals surface area contributed by atoms with Gasteiger partial charge in [0.1, 0.15) is 11.5 Å². The van der Waals surface area contributed by atoms with Gasteiger partial charge >= 0.3 is 11.9 Å². The van der Waals surface area contributed by atoms with Crippen LogP contribution >= 0.6 is 0 Å². The second-order valence-electron chi connectivity index (χ2n) is 7.00. The summed E-state index contributed by atoms with van der Waals surface area (Å²) in [5.74, 6) is 0.464. The third-order valence-electron chi connectivity index (χ3n) is 4.93. The first-order valence-corrected chi connectivity index (χ1v) is 10.1. The number of benzene rings is 2. The predicted molar refractivity (Wildman–Crippen MR) is 121 cm³/mol. The number of nitrogens with one attached hydrogen (secondary N) is 2. The number of aromatic nitrogens is 2. The molecule has 4 aromatic rings. The average Bonchev–Trinajstić information content (AvgIpc) is 3.38. The highest BCUT2D eigenvalue weighted by molar-refractivity contribution is 5.89. The molecule has 2 aromatic carbocycles. The number of carbonyl (C=O) groups is 2. The molecule has 0 atom stereocenters. The van der Waals surface area contributed by atoms with Gasteiger partial charge in [0.05, 0.1) is 33.7 Å². The molecule has 0 unspecified atom stereocenters. The van der Waals surface area contributed by atoms with E-state index in [2.05, 4.69) is 19.4 Å². The lowest BCUT2D eigenvalue weighted by atomic mass is 10.1. The van der Waals surface area contributed by atoms with Crippen molar-refractivity contribution in [3.8, 4) is 11.5 Å². The Kier molecular flexibility index (Phi) is 7.38. The van der Waals surface area contributed by atoms with Crippen molar-refractivity contribution in [2.45, 2.75) is 19.8 Å². The Bertz CT molecular complexity index is 1220. The summed E-state index contributed by atoms with van der Waals surface area (Å²) in [4.78, 5) is 28.5. The Labute approximate surface area is 185 Å². The molecular formula is C24H26N2O6. The molecule has 0 spiro atoms. The van der Waals surface area contributed by atoms with E-state index in [1.165, 1.54) is 14.2 Å². The van der Waals surface area contributed by atoms with Crippen LogP contribution in [0.2, 0.25) is 0 Å². The van der Waals surface area contributed by atoms with Crippen LogP contribution in [0.25, 0.3) is 21.8 Å². The minimum atomic E-state index is -0.292. The first-order chi connectivity index (χ1) is 15.4. The number of hydrogen-bond donors (Lipinski definition) is 3. The lowest BCUT2D eigenvalue weighted by molar-refractivity contribution is -0.140. The number of phenols is 1. The first kappa shape index (κ1) is 22.7. The Morgan fingerprint density at radius 2 is 1.38 bits per heavy atom. The molecule has 2 heterocycles. The maximum Gasteiger partial charge on any atom is 0.310 e. The summed E-state index contributed by atoms with van der Waals surface area (Å²) in [6, 6.07) is 10.8. The predicted octanol–water partition coefficient (Wildman–Crippen LogP) is 3.87. The number of methoxy groups -OCH3 is 2. The van der Waals surface area contributed by atoms with Crippen LogP contribution in [0.4, 0.5) is 0 Å². The van der Waals surface area contributed by atoms with Gasteiger partial charge in [-0.25, -0.2) is 0 Å². The van der Waals surface area contributed by atoms with Gasteiger partial charge in [-0.3, -0.25) is 9.59 Å². The molecule has 0 saturated carbocycles. The van der Waals surface area contributed by atoms with Crippen LogP contribution in [0, 0.1) is 0 Å². The fraction of sp³-hybridized carbons (Fsp3) is 0.250. The van der Waals surface area contributed by atoms with Crippen LogP contribution < -0.4 is 4.74 Å². The molecule has 4 rings (SSSR count). The molecule has 32 heavy (non-hydrogen) atoms. The number of esters is 2. The minimum Gasteiger partial charge on any atom is -0.508 e. The van der Waals surface area contributed by atoms with Gasteiger partial charge in [0.2, 0.25) is 0 Å². The second kappa shape index (κ2) is 10.4. The van der Waals surface area contributed by atoms with E-state index in [0.29, 0.717) is 6.61 Å². The molecule has 0 amide bonds. The highest BCUT2D eigenvalue weighted by Gasteiger charge is 2.10. The van der Waals surface area contributed by atoms with Gasteiger partial charge in [0.15, 0.2) is 0 Å². The van der Waals surface area contributed by atoms with Crippen molar-refractivity contribution in [3.63, 3.8) is 0 Å². The molecule has 8 heteroatoms. The van der Waals surface area contributed by atoms with Crippen molar-refractivity contribution in [2.24, 2.45) is 0 Å². The van der Waals surface area contributed by atoms with Crippen LogP contribution in [-0.2, 0) is 31.9 Å². The van der Waals surface area contributed by atoms with Crippen molar-refractivity contribution in [3.05, 3.63) is 59.9 Å². The summed E-state index contributed by atoms with van der Waals surface area (Å²) in [5.41, 5.74) is 3.64. The van der Waals surface area contributed by atoms with E-state index in [1.54, 1.807) is 24.4 Å². The second-order valence-corrected chi connectivity index (χ2v) is 7.00. The van der Waals surface area contributed by atoms with Crippen molar-refractivity contribution in [1.82, 2.24) is 9.97 Å². The Morgan fingerprint density at radius 3 is 1.91 bits per heavy atom. The zero-order valence-electron chi connectivity index (χ0n) is 18.2. The van der Waals surface area contributed by atoms with Crippen LogP contribution in [0.5, 0.6) is 11.5 Å². The smallest absolute Gasteiger partial charge is 0.310 e. The highest BCUT2D eigenvalue weighted by atomic mass is 16.5. The number of phenolic OH excluding ortho intramolecular Hbond substituents is 1. The number of H-pyrrole nitrogens is 2. The Morgan fingerprint density at radius 1 is 0.844 bits per heavy atom. The Hall–Kier alpha value is -3.94.